The van der Waals surface area contributed by atoms with E-state index in [1.54, 1.807) is 17.2 Å². The molecule has 2 aromatic heterocycles. The van der Waals surface area contributed by atoms with Crippen LogP contribution in [-0.2, 0) is 11.3 Å². The highest BCUT2D eigenvalue weighted by Gasteiger charge is 2.16. The minimum atomic E-state index is -0.372. The van der Waals surface area contributed by atoms with Crippen LogP contribution in [-0.4, -0.2) is 43.1 Å². The van der Waals surface area contributed by atoms with E-state index < -0.39 is 0 Å². The van der Waals surface area contributed by atoms with Crippen LogP contribution in [0.5, 0.6) is 0 Å². The number of para-hydroxylation sites is 1. The van der Waals surface area contributed by atoms with Crippen molar-refractivity contribution in [2.75, 3.05) is 18.4 Å². The number of amides is 1. The summed E-state index contributed by atoms with van der Waals surface area (Å²) in [7, 11) is 0. The number of hydrogen-bond donors (Lipinski definition) is 1. The maximum Gasteiger partial charge on any atom is 0.352 e. The van der Waals surface area contributed by atoms with E-state index in [1.165, 1.54) is 9.08 Å². The molecule has 0 fully saturated rings. The monoisotopic (exact) mass is 368 g/mol. The lowest BCUT2D eigenvalue weighted by Crippen LogP contribution is -2.37. The number of fused-ring (bicyclic) bond motifs is 1. The van der Waals surface area contributed by atoms with Gasteiger partial charge in [0, 0.05) is 25.0 Å². The Morgan fingerprint density at radius 3 is 2.67 bits per heavy atom. The van der Waals surface area contributed by atoms with Crippen molar-refractivity contribution in [3.05, 3.63) is 53.1 Å². The molecule has 1 amide bonds. The normalized spacial score (nSPS) is 10.9. The van der Waals surface area contributed by atoms with Crippen LogP contribution in [0.2, 0.25) is 0 Å². The Labute approximate surface area is 157 Å². The van der Waals surface area contributed by atoms with Gasteiger partial charge in [-0.1, -0.05) is 31.5 Å². The molecule has 0 atom stereocenters. The van der Waals surface area contributed by atoms with Gasteiger partial charge in [-0.05, 0) is 31.5 Å². The highest BCUT2D eigenvalue weighted by atomic mass is 16.2. The van der Waals surface area contributed by atoms with Crippen molar-refractivity contribution in [2.24, 2.45) is 0 Å². The molecule has 142 valence electrons. The number of hydrogen-bond acceptors (Lipinski definition) is 5. The van der Waals surface area contributed by atoms with E-state index in [1.807, 2.05) is 37.3 Å². The smallest absolute Gasteiger partial charge is 0.341 e. The molecular weight excluding hydrogens is 344 g/mol. The quantitative estimate of drug-likeness (QED) is 0.659. The van der Waals surface area contributed by atoms with Gasteiger partial charge in [-0.25, -0.2) is 13.9 Å². The summed E-state index contributed by atoms with van der Waals surface area (Å²) >= 11 is 0. The number of nitrogens with one attached hydrogen (secondary N) is 1. The Bertz CT molecular complexity index is 963. The van der Waals surface area contributed by atoms with Crippen molar-refractivity contribution in [2.45, 2.75) is 33.2 Å². The van der Waals surface area contributed by atoms with Gasteiger partial charge in [-0.2, -0.15) is 4.98 Å². The third-order valence-electron chi connectivity index (χ3n) is 4.30. The SMILES string of the molecule is CCCCN(CC)C(=O)Cn1nc2nc(Nc3ccccc3)ccn2c1=O. The molecule has 0 radical (unpaired) electrons. The van der Waals surface area contributed by atoms with Gasteiger partial charge in [0.05, 0.1) is 0 Å². The van der Waals surface area contributed by atoms with Crippen LogP contribution < -0.4 is 11.0 Å². The predicted molar refractivity (Wildman–Crippen MR) is 104 cm³/mol. The molecule has 0 aliphatic heterocycles. The van der Waals surface area contributed by atoms with E-state index >= 15 is 0 Å². The summed E-state index contributed by atoms with van der Waals surface area (Å²) in [5, 5.41) is 7.39. The van der Waals surface area contributed by atoms with E-state index in [2.05, 4.69) is 22.3 Å². The Balaban J connectivity index is 1.80. The number of carbonyl (C=O) groups is 1. The molecule has 0 unspecified atom stereocenters. The summed E-state index contributed by atoms with van der Waals surface area (Å²) in [5.74, 6) is 0.722. The molecule has 3 aromatic rings. The van der Waals surface area contributed by atoms with E-state index in [-0.39, 0.29) is 23.9 Å². The van der Waals surface area contributed by atoms with E-state index in [0.717, 1.165) is 18.5 Å². The number of benzene rings is 1. The fourth-order valence-electron chi connectivity index (χ4n) is 2.78. The second kappa shape index (κ2) is 8.48. The molecule has 0 aliphatic rings. The van der Waals surface area contributed by atoms with Crippen LogP contribution in [0.4, 0.5) is 11.5 Å². The number of likely N-dealkylation sites (N-methyl/N-ethyl adjacent to an activating group) is 1. The van der Waals surface area contributed by atoms with Crippen molar-refractivity contribution >= 4 is 23.2 Å². The molecule has 8 nitrogen and oxygen atoms in total. The van der Waals surface area contributed by atoms with E-state index in [9.17, 15) is 9.59 Å². The molecule has 1 aromatic carbocycles. The maximum atomic E-state index is 12.5. The van der Waals surface area contributed by atoms with Gasteiger partial charge in [-0.15, -0.1) is 5.10 Å². The second-order valence-corrected chi connectivity index (χ2v) is 6.24. The number of aromatic nitrogens is 4. The highest BCUT2D eigenvalue weighted by molar-refractivity contribution is 5.75. The van der Waals surface area contributed by atoms with Gasteiger partial charge in [0.15, 0.2) is 0 Å². The fraction of sp³-hybridized carbons (Fsp3) is 0.368. The standard InChI is InChI=1S/C19H24N6O2/c1-3-5-12-23(4-2)17(26)14-25-19(27)24-13-11-16(21-18(24)22-25)20-15-9-7-6-8-10-15/h6-11,13H,3-5,12,14H2,1-2H3,(H,20,21,22). The Hall–Kier alpha value is -3.16. The van der Waals surface area contributed by atoms with E-state index in [0.29, 0.717) is 18.9 Å². The molecule has 2 heterocycles. The van der Waals surface area contributed by atoms with E-state index in [4.69, 9.17) is 0 Å². The first kappa shape index (κ1) is 18.6. The molecule has 0 saturated heterocycles. The number of nitrogens with zero attached hydrogens (tertiary/aromatic N) is 5. The molecule has 0 saturated carbocycles. The van der Waals surface area contributed by atoms with Gasteiger partial charge in [0.25, 0.3) is 5.78 Å². The van der Waals surface area contributed by atoms with Crippen LogP contribution >= 0.6 is 0 Å². The van der Waals surface area contributed by atoms with Gasteiger partial charge in [0.1, 0.15) is 12.4 Å². The van der Waals surface area contributed by atoms with Crippen LogP contribution in [0, 0.1) is 0 Å². The minimum absolute atomic E-state index is 0.0821. The number of rotatable bonds is 8. The third-order valence-corrected chi connectivity index (χ3v) is 4.30. The largest absolute Gasteiger partial charge is 0.352 e. The summed E-state index contributed by atoms with van der Waals surface area (Å²) in [4.78, 5) is 31.1. The zero-order valence-corrected chi connectivity index (χ0v) is 15.6. The summed E-state index contributed by atoms with van der Waals surface area (Å²) in [6.45, 7) is 5.24. The Morgan fingerprint density at radius 2 is 1.96 bits per heavy atom. The zero-order chi connectivity index (χ0) is 19.2. The van der Waals surface area contributed by atoms with Crippen LogP contribution in [0.15, 0.2) is 47.4 Å². The van der Waals surface area contributed by atoms with Crippen LogP contribution in [0.3, 0.4) is 0 Å². The predicted octanol–water partition coefficient (Wildman–Crippen LogP) is 2.28. The lowest BCUT2D eigenvalue weighted by molar-refractivity contribution is -0.132. The maximum absolute atomic E-state index is 12.5. The van der Waals surface area contributed by atoms with Gasteiger partial charge in [0.2, 0.25) is 5.91 Å². The topological polar surface area (TPSA) is 84.5 Å². The number of carbonyl (C=O) groups excluding carboxylic acids is 1. The van der Waals surface area contributed by atoms with Crippen LogP contribution in [0.25, 0.3) is 5.78 Å². The highest BCUT2D eigenvalue weighted by Crippen LogP contribution is 2.13. The minimum Gasteiger partial charge on any atom is -0.341 e. The average Bonchev–Trinajstić information content (AvgIpc) is 2.98. The second-order valence-electron chi connectivity index (χ2n) is 6.24. The van der Waals surface area contributed by atoms with Gasteiger partial charge >= 0.3 is 5.69 Å². The molecule has 27 heavy (non-hydrogen) atoms. The fourth-order valence-corrected chi connectivity index (χ4v) is 2.78. The molecular formula is C19H24N6O2. The van der Waals surface area contributed by atoms with Crippen molar-refractivity contribution in [3.63, 3.8) is 0 Å². The summed E-state index contributed by atoms with van der Waals surface area (Å²) in [5.41, 5.74) is 0.518. The first-order chi connectivity index (χ1) is 13.1. The molecule has 0 aliphatic carbocycles. The Morgan fingerprint density at radius 1 is 1.19 bits per heavy atom. The summed E-state index contributed by atoms with van der Waals surface area (Å²) < 4.78 is 2.51. The van der Waals surface area contributed by atoms with Crippen LogP contribution in [0.1, 0.15) is 26.7 Å². The number of anilines is 2. The lowest BCUT2D eigenvalue weighted by Gasteiger charge is -2.20. The molecule has 0 spiro atoms. The van der Waals surface area contributed by atoms with Crippen molar-refractivity contribution in [1.82, 2.24) is 24.1 Å². The zero-order valence-electron chi connectivity index (χ0n) is 15.6. The number of unbranched alkanes of at least 4 members (excludes halogenated alkanes) is 1. The summed E-state index contributed by atoms with van der Waals surface area (Å²) in [6.07, 6.45) is 3.56. The summed E-state index contributed by atoms with van der Waals surface area (Å²) in [6, 6.07) is 11.3. The van der Waals surface area contributed by atoms with Gasteiger partial charge < -0.3 is 10.2 Å². The molecule has 8 heteroatoms. The first-order valence-corrected chi connectivity index (χ1v) is 9.18. The lowest BCUT2D eigenvalue weighted by atomic mass is 10.3. The third kappa shape index (κ3) is 4.33. The van der Waals surface area contributed by atoms with Crippen molar-refractivity contribution in [3.8, 4) is 0 Å². The first-order valence-electron chi connectivity index (χ1n) is 9.18. The molecule has 1 N–H and O–H groups in total. The molecule has 3 rings (SSSR count). The van der Waals surface area contributed by atoms with Gasteiger partial charge in [-0.3, -0.25) is 4.79 Å². The van der Waals surface area contributed by atoms with Crippen molar-refractivity contribution < 1.29 is 4.79 Å². The molecule has 0 bridgehead atoms. The Kier molecular flexibility index (Phi) is 5.85. The average molecular weight is 368 g/mol. The van der Waals surface area contributed by atoms with Crippen molar-refractivity contribution in [1.29, 1.82) is 0 Å².